The predicted molar refractivity (Wildman–Crippen MR) is 94.0 cm³/mol. The number of hydrogen-bond donors (Lipinski definition) is 1. The average molecular weight is 341 g/mol. The summed E-state index contributed by atoms with van der Waals surface area (Å²) in [5.74, 6) is 0.795. The maximum atomic E-state index is 12.3. The molecule has 2 aromatic heterocycles. The molecule has 0 unspecified atom stereocenters. The van der Waals surface area contributed by atoms with Gasteiger partial charge in [0.15, 0.2) is 0 Å². The number of aryl methyl sites for hydroxylation is 1. The molecule has 1 N–H and O–H groups in total. The van der Waals surface area contributed by atoms with Gasteiger partial charge in [-0.1, -0.05) is 0 Å². The Hall–Kier alpha value is -2.59. The van der Waals surface area contributed by atoms with Gasteiger partial charge in [-0.25, -0.2) is 9.78 Å². The quantitative estimate of drug-likeness (QED) is 0.930. The minimum atomic E-state index is -0.0283. The number of pyridine rings is 1. The fourth-order valence-electron chi connectivity index (χ4n) is 2.65. The largest absolute Gasteiger partial charge is 0.353 e. The zero-order chi connectivity index (χ0) is 16.9. The molecule has 24 heavy (non-hydrogen) atoms. The van der Waals surface area contributed by atoms with Crippen molar-refractivity contribution in [1.29, 1.82) is 5.26 Å². The van der Waals surface area contributed by atoms with Crippen LogP contribution in [-0.4, -0.2) is 42.1 Å². The van der Waals surface area contributed by atoms with Crippen LogP contribution in [0.15, 0.2) is 30.5 Å². The van der Waals surface area contributed by atoms with Gasteiger partial charge < -0.3 is 15.1 Å². The number of carbonyl (C=O) groups is 1. The Morgan fingerprint density at radius 1 is 1.33 bits per heavy atom. The second-order valence-electron chi connectivity index (χ2n) is 5.66. The molecule has 1 aliphatic rings. The minimum absolute atomic E-state index is 0.0283. The van der Waals surface area contributed by atoms with Crippen LogP contribution in [0.2, 0.25) is 0 Å². The van der Waals surface area contributed by atoms with Gasteiger partial charge in [-0.3, -0.25) is 0 Å². The number of nitrogens with zero attached hydrogens (tertiary/aromatic N) is 4. The SMILES string of the molecule is Cc1ccc(CNC(=O)N2CCN(c3cc(C#N)ccn3)CC2)s1. The smallest absolute Gasteiger partial charge is 0.317 e. The molecule has 0 atom stereocenters. The molecule has 1 aliphatic heterocycles. The number of nitrogens with one attached hydrogen (secondary N) is 1. The van der Waals surface area contributed by atoms with E-state index >= 15 is 0 Å². The number of amides is 2. The van der Waals surface area contributed by atoms with E-state index in [0.717, 1.165) is 10.7 Å². The number of urea groups is 1. The number of thiophene rings is 1. The number of carbonyl (C=O) groups excluding carboxylic acids is 1. The second-order valence-corrected chi connectivity index (χ2v) is 7.03. The van der Waals surface area contributed by atoms with Gasteiger partial charge in [0.25, 0.3) is 0 Å². The molecule has 3 rings (SSSR count). The van der Waals surface area contributed by atoms with Gasteiger partial charge in [0, 0.05) is 42.1 Å². The summed E-state index contributed by atoms with van der Waals surface area (Å²) in [6, 6.07) is 9.69. The maximum Gasteiger partial charge on any atom is 0.317 e. The molecule has 1 fully saturated rings. The van der Waals surface area contributed by atoms with Crippen molar-refractivity contribution in [2.75, 3.05) is 31.1 Å². The number of piperazine rings is 1. The molecular weight excluding hydrogens is 322 g/mol. The van der Waals surface area contributed by atoms with Crippen molar-refractivity contribution in [2.45, 2.75) is 13.5 Å². The summed E-state index contributed by atoms with van der Waals surface area (Å²) >= 11 is 1.70. The molecule has 2 amide bonds. The number of nitriles is 1. The van der Waals surface area contributed by atoms with E-state index in [2.05, 4.69) is 34.3 Å². The lowest BCUT2D eigenvalue weighted by Crippen LogP contribution is -2.51. The van der Waals surface area contributed by atoms with Crippen LogP contribution in [-0.2, 0) is 6.54 Å². The Labute approximate surface area is 145 Å². The third-order valence-corrected chi connectivity index (χ3v) is 4.98. The van der Waals surface area contributed by atoms with Crippen molar-refractivity contribution in [3.05, 3.63) is 45.8 Å². The van der Waals surface area contributed by atoms with E-state index < -0.39 is 0 Å². The molecule has 7 heteroatoms. The van der Waals surface area contributed by atoms with Crippen LogP contribution < -0.4 is 10.2 Å². The Bertz CT molecular complexity index is 758. The summed E-state index contributed by atoms with van der Waals surface area (Å²) in [5, 5.41) is 11.9. The van der Waals surface area contributed by atoms with Crippen LogP contribution in [0.3, 0.4) is 0 Å². The molecule has 124 valence electrons. The normalized spacial score (nSPS) is 14.3. The summed E-state index contributed by atoms with van der Waals surface area (Å²) < 4.78 is 0. The highest BCUT2D eigenvalue weighted by atomic mass is 32.1. The van der Waals surface area contributed by atoms with Gasteiger partial charge in [-0.2, -0.15) is 5.26 Å². The summed E-state index contributed by atoms with van der Waals surface area (Å²) in [4.78, 5) is 22.9. The fraction of sp³-hybridized carbons (Fsp3) is 0.353. The number of hydrogen-bond acceptors (Lipinski definition) is 5. The van der Waals surface area contributed by atoms with Crippen molar-refractivity contribution < 1.29 is 4.79 Å². The highest BCUT2D eigenvalue weighted by Crippen LogP contribution is 2.16. The Kier molecular flexibility index (Phi) is 4.96. The second kappa shape index (κ2) is 7.32. The zero-order valence-electron chi connectivity index (χ0n) is 13.5. The maximum absolute atomic E-state index is 12.3. The van der Waals surface area contributed by atoms with E-state index in [0.29, 0.717) is 38.3 Å². The standard InChI is InChI=1S/C17H19N5OS/c1-13-2-3-15(24-13)12-20-17(23)22-8-6-21(7-9-22)16-10-14(11-18)4-5-19-16/h2-5,10H,6-9,12H2,1H3,(H,20,23). The molecule has 6 nitrogen and oxygen atoms in total. The molecule has 0 spiro atoms. The highest BCUT2D eigenvalue weighted by Gasteiger charge is 2.21. The van der Waals surface area contributed by atoms with Crippen LogP contribution in [0.25, 0.3) is 0 Å². The van der Waals surface area contributed by atoms with E-state index in [1.54, 1.807) is 29.7 Å². The van der Waals surface area contributed by atoms with Gasteiger partial charge in [-0.15, -0.1) is 11.3 Å². The van der Waals surface area contributed by atoms with Crippen LogP contribution in [0.1, 0.15) is 15.3 Å². The lowest BCUT2D eigenvalue weighted by atomic mass is 10.2. The highest BCUT2D eigenvalue weighted by molar-refractivity contribution is 7.11. The van der Waals surface area contributed by atoms with Crippen molar-refractivity contribution in [1.82, 2.24) is 15.2 Å². The summed E-state index contributed by atoms with van der Waals surface area (Å²) in [7, 11) is 0. The lowest BCUT2D eigenvalue weighted by Gasteiger charge is -2.35. The van der Waals surface area contributed by atoms with Crippen LogP contribution in [0.5, 0.6) is 0 Å². The monoisotopic (exact) mass is 341 g/mol. The third-order valence-electron chi connectivity index (χ3n) is 3.98. The van der Waals surface area contributed by atoms with Gasteiger partial charge in [0.05, 0.1) is 18.2 Å². The lowest BCUT2D eigenvalue weighted by molar-refractivity contribution is 0.194. The zero-order valence-corrected chi connectivity index (χ0v) is 14.3. The van der Waals surface area contributed by atoms with Crippen molar-refractivity contribution in [3.63, 3.8) is 0 Å². The van der Waals surface area contributed by atoms with Gasteiger partial charge in [0.1, 0.15) is 5.82 Å². The predicted octanol–water partition coefficient (Wildman–Crippen LogP) is 2.36. The summed E-state index contributed by atoms with van der Waals surface area (Å²) in [5.41, 5.74) is 0.603. The molecule has 0 aliphatic carbocycles. The molecule has 2 aromatic rings. The first kappa shape index (κ1) is 16.3. The molecular formula is C17H19N5OS. The van der Waals surface area contributed by atoms with E-state index in [9.17, 15) is 4.79 Å². The van der Waals surface area contributed by atoms with E-state index in [1.165, 1.54) is 4.88 Å². The van der Waals surface area contributed by atoms with Crippen LogP contribution in [0, 0.1) is 18.3 Å². The number of aromatic nitrogens is 1. The Balaban J connectivity index is 1.51. The molecule has 1 saturated heterocycles. The molecule has 0 radical (unpaired) electrons. The third kappa shape index (κ3) is 3.84. The minimum Gasteiger partial charge on any atom is -0.353 e. The molecule has 0 saturated carbocycles. The van der Waals surface area contributed by atoms with Crippen molar-refractivity contribution >= 4 is 23.2 Å². The van der Waals surface area contributed by atoms with Crippen LogP contribution >= 0.6 is 11.3 Å². The Morgan fingerprint density at radius 3 is 2.79 bits per heavy atom. The molecule has 0 aromatic carbocycles. The van der Waals surface area contributed by atoms with Crippen molar-refractivity contribution in [2.24, 2.45) is 0 Å². The van der Waals surface area contributed by atoms with E-state index in [4.69, 9.17) is 5.26 Å². The first-order chi connectivity index (χ1) is 11.7. The first-order valence-corrected chi connectivity index (χ1v) is 8.66. The van der Waals surface area contributed by atoms with Crippen molar-refractivity contribution in [3.8, 4) is 6.07 Å². The van der Waals surface area contributed by atoms with Gasteiger partial charge >= 0.3 is 6.03 Å². The molecule has 0 bridgehead atoms. The average Bonchev–Trinajstić information content (AvgIpc) is 3.05. The van der Waals surface area contributed by atoms with E-state index in [1.807, 2.05) is 11.0 Å². The van der Waals surface area contributed by atoms with Crippen LogP contribution in [0.4, 0.5) is 10.6 Å². The number of rotatable bonds is 3. The topological polar surface area (TPSA) is 72.3 Å². The first-order valence-electron chi connectivity index (χ1n) is 7.85. The Morgan fingerprint density at radius 2 is 2.12 bits per heavy atom. The van der Waals surface area contributed by atoms with E-state index in [-0.39, 0.29) is 6.03 Å². The molecule has 3 heterocycles. The fourth-order valence-corrected chi connectivity index (χ4v) is 3.48. The summed E-state index contributed by atoms with van der Waals surface area (Å²) in [6.07, 6.45) is 1.65. The number of anilines is 1. The van der Waals surface area contributed by atoms with Gasteiger partial charge in [-0.05, 0) is 31.2 Å². The summed E-state index contributed by atoms with van der Waals surface area (Å²) in [6.45, 7) is 5.36. The van der Waals surface area contributed by atoms with Gasteiger partial charge in [0.2, 0.25) is 0 Å².